The van der Waals surface area contributed by atoms with Crippen molar-refractivity contribution in [3.63, 3.8) is 0 Å². The molecule has 1 heterocycles. The average Bonchev–Trinajstić information content (AvgIpc) is 2.68. The monoisotopic (exact) mass is 427 g/mol. The first-order valence-corrected chi connectivity index (χ1v) is 10.1. The number of ether oxygens (including phenoxy) is 1. The molecule has 9 nitrogen and oxygen atoms in total. The van der Waals surface area contributed by atoms with Crippen molar-refractivity contribution >= 4 is 29.3 Å². The van der Waals surface area contributed by atoms with Gasteiger partial charge >= 0.3 is 6.09 Å². The maximum atomic E-state index is 12.4. The second kappa shape index (κ2) is 10.5. The molecule has 0 unspecified atom stereocenters. The summed E-state index contributed by atoms with van der Waals surface area (Å²) in [5.41, 5.74) is 0.529. The van der Waals surface area contributed by atoms with E-state index in [1.807, 2.05) is 26.8 Å². The first kappa shape index (κ1) is 23.7. The van der Waals surface area contributed by atoms with Gasteiger partial charge in [-0.25, -0.2) is 4.79 Å². The highest BCUT2D eigenvalue weighted by molar-refractivity contribution is 6.06. The van der Waals surface area contributed by atoms with Crippen molar-refractivity contribution in [2.75, 3.05) is 23.7 Å². The van der Waals surface area contributed by atoms with Crippen LogP contribution in [-0.2, 0) is 14.3 Å². The number of piperidine rings is 1. The molecule has 2 rings (SSSR count). The summed E-state index contributed by atoms with van der Waals surface area (Å²) < 4.78 is 5.38. The minimum Gasteiger partial charge on any atom is -0.444 e. The maximum Gasteiger partial charge on any atom is 0.410 e. The van der Waals surface area contributed by atoms with Crippen LogP contribution in [-0.4, -0.2) is 47.5 Å². The van der Waals surface area contributed by atoms with Crippen molar-refractivity contribution in [3.8, 4) is 6.07 Å². The molecule has 9 heteroatoms. The molecule has 1 aliphatic rings. The van der Waals surface area contributed by atoms with Crippen molar-refractivity contribution in [2.24, 2.45) is 0 Å². The third kappa shape index (κ3) is 8.01. The predicted molar refractivity (Wildman–Crippen MR) is 117 cm³/mol. The number of benzene rings is 1. The molecule has 166 valence electrons. The molecule has 1 aromatic rings. The van der Waals surface area contributed by atoms with Crippen molar-refractivity contribution < 1.29 is 19.1 Å². The fraction of sp³-hybridized carbons (Fsp3) is 0.455. The van der Waals surface area contributed by atoms with Gasteiger partial charge in [0.1, 0.15) is 17.2 Å². The van der Waals surface area contributed by atoms with Gasteiger partial charge < -0.3 is 25.6 Å². The second-order valence-electron chi connectivity index (χ2n) is 8.29. The first-order valence-electron chi connectivity index (χ1n) is 10.1. The third-order valence-corrected chi connectivity index (χ3v) is 4.44. The van der Waals surface area contributed by atoms with Gasteiger partial charge in [0.05, 0.1) is 0 Å². The Labute approximate surface area is 182 Å². The Bertz CT molecular complexity index is 873. The number of amides is 3. The van der Waals surface area contributed by atoms with Gasteiger partial charge in [-0.3, -0.25) is 9.59 Å². The fourth-order valence-corrected chi connectivity index (χ4v) is 2.94. The molecule has 0 aliphatic carbocycles. The van der Waals surface area contributed by atoms with Crippen molar-refractivity contribution in [1.29, 1.82) is 5.26 Å². The van der Waals surface area contributed by atoms with E-state index in [4.69, 9.17) is 4.74 Å². The summed E-state index contributed by atoms with van der Waals surface area (Å²) in [6.07, 6.45) is 2.44. The number of nitrogens with zero attached hydrogens (tertiary/aromatic N) is 2. The van der Waals surface area contributed by atoms with Crippen LogP contribution in [0.3, 0.4) is 0 Å². The standard InChI is InChI=1S/C22H29N5O4/c1-15(28)25-18-5-7-19(8-6-18)26-20(29)16(13-23)14-24-17-9-11-27(12-10-17)21(30)31-22(2,3)4/h5-8,14,17,24H,9-12H2,1-4H3,(H,25,28)(H,26,29)/b16-14-. The number of nitrogens with one attached hydrogen (secondary N) is 3. The Hall–Kier alpha value is -3.54. The highest BCUT2D eigenvalue weighted by Gasteiger charge is 2.26. The summed E-state index contributed by atoms with van der Waals surface area (Å²) in [4.78, 5) is 37.2. The van der Waals surface area contributed by atoms with Crippen molar-refractivity contribution in [2.45, 2.75) is 52.2 Å². The lowest BCUT2D eigenvalue weighted by molar-refractivity contribution is -0.114. The molecule has 3 N–H and O–H groups in total. The molecule has 0 bridgehead atoms. The first-order chi connectivity index (χ1) is 14.6. The molecule has 0 atom stereocenters. The van der Waals surface area contributed by atoms with Gasteiger partial charge in [-0.05, 0) is 57.9 Å². The molecule has 0 aromatic heterocycles. The minimum atomic E-state index is -0.534. The molecule has 1 aromatic carbocycles. The summed E-state index contributed by atoms with van der Waals surface area (Å²) >= 11 is 0. The normalized spacial score (nSPS) is 14.9. The van der Waals surface area contributed by atoms with E-state index >= 15 is 0 Å². The van der Waals surface area contributed by atoms with E-state index in [1.54, 1.807) is 29.2 Å². The topological polar surface area (TPSA) is 124 Å². The number of hydrogen-bond donors (Lipinski definition) is 3. The fourth-order valence-electron chi connectivity index (χ4n) is 2.94. The summed E-state index contributed by atoms with van der Waals surface area (Å²) in [7, 11) is 0. The molecule has 0 radical (unpaired) electrons. The number of likely N-dealkylation sites (tertiary alicyclic amines) is 1. The summed E-state index contributed by atoms with van der Waals surface area (Å²) in [6, 6.07) is 8.53. The van der Waals surface area contributed by atoms with Crippen LogP contribution in [0.4, 0.5) is 16.2 Å². The number of hydrogen-bond acceptors (Lipinski definition) is 6. The molecule has 3 amide bonds. The number of rotatable bonds is 5. The molecule has 1 saturated heterocycles. The van der Waals surface area contributed by atoms with E-state index in [2.05, 4.69) is 16.0 Å². The SMILES string of the molecule is CC(=O)Nc1ccc(NC(=O)/C(C#N)=C\NC2CCN(C(=O)OC(C)(C)C)CC2)cc1. The molecule has 1 aliphatic heterocycles. The van der Waals surface area contributed by atoms with Crippen LogP contribution in [0, 0.1) is 11.3 Å². The quantitative estimate of drug-likeness (QED) is 0.490. The van der Waals surface area contributed by atoms with Crippen molar-refractivity contribution in [3.05, 3.63) is 36.0 Å². The van der Waals surface area contributed by atoms with Gasteiger partial charge in [-0.1, -0.05) is 0 Å². The molecule has 0 spiro atoms. The van der Waals surface area contributed by atoms with Crippen LogP contribution >= 0.6 is 0 Å². The summed E-state index contributed by atoms with van der Waals surface area (Å²) in [6.45, 7) is 7.97. The summed E-state index contributed by atoms with van der Waals surface area (Å²) in [5, 5.41) is 17.7. The average molecular weight is 428 g/mol. The molecular weight excluding hydrogens is 398 g/mol. The predicted octanol–water partition coefficient (Wildman–Crippen LogP) is 2.98. The van der Waals surface area contributed by atoms with Crippen LogP contribution in [0.5, 0.6) is 0 Å². The number of carbonyl (C=O) groups excluding carboxylic acids is 3. The van der Waals surface area contributed by atoms with Gasteiger partial charge in [-0.2, -0.15) is 5.26 Å². The highest BCUT2D eigenvalue weighted by Crippen LogP contribution is 2.16. The van der Waals surface area contributed by atoms with Gasteiger partial charge in [0.15, 0.2) is 0 Å². The summed E-state index contributed by atoms with van der Waals surface area (Å²) in [5.74, 6) is -0.719. The van der Waals surface area contributed by atoms with E-state index in [0.717, 1.165) is 0 Å². The molecule has 0 saturated carbocycles. The van der Waals surface area contributed by atoms with Gasteiger partial charge in [-0.15, -0.1) is 0 Å². The Morgan fingerprint density at radius 3 is 2.13 bits per heavy atom. The zero-order chi connectivity index (χ0) is 23.0. The van der Waals surface area contributed by atoms with Gasteiger partial charge in [0.2, 0.25) is 5.91 Å². The van der Waals surface area contributed by atoms with Crippen LogP contribution in [0.25, 0.3) is 0 Å². The Kier molecular flexibility index (Phi) is 8.02. The van der Waals surface area contributed by atoms with Gasteiger partial charge in [0, 0.05) is 43.6 Å². The Balaban J connectivity index is 1.86. The maximum absolute atomic E-state index is 12.4. The number of nitriles is 1. The number of anilines is 2. The molecular formula is C22H29N5O4. The lowest BCUT2D eigenvalue weighted by atomic mass is 10.1. The largest absolute Gasteiger partial charge is 0.444 e. The second-order valence-corrected chi connectivity index (χ2v) is 8.29. The number of carbonyl (C=O) groups is 3. The van der Waals surface area contributed by atoms with E-state index in [-0.39, 0.29) is 23.6 Å². The Morgan fingerprint density at radius 2 is 1.65 bits per heavy atom. The van der Waals surface area contributed by atoms with E-state index < -0.39 is 11.5 Å². The zero-order valence-corrected chi connectivity index (χ0v) is 18.3. The lowest BCUT2D eigenvalue weighted by Crippen LogP contribution is -2.45. The lowest BCUT2D eigenvalue weighted by Gasteiger charge is -2.33. The van der Waals surface area contributed by atoms with Crippen molar-refractivity contribution in [1.82, 2.24) is 10.2 Å². The van der Waals surface area contributed by atoms with Crippen LogP contribution in [0.2, 0.25) is 0 Å². The molecule has 1 fully saturated rings. The minimum absolute atomic E-state index is 0.0479. The van der Waals surface area contributed by atoms with Crippen LogP contribution < -0.4 is 16.0 Å². The van der Waals surface area contributed by atoms with E-state index in [9.17, 15) is 19.6 Å². The van der Waals surface area contributed by atoms with Gasteiger partial charge in [0.25, 0.3) is 5.91 Å². The molecule has 31 heavy (non-hydrogen) atoms. The Morgan fingerprint density at radius 1 is 1.10 bits per heavy atom. The smallest absolute Gasteiger partial charge is 0.410 e. The third-order valence-electron chi connectivity index (χ3n) is 4.44. The van der Waals surface area contributed by atoms with E-state index in [0.29, 0.717) is 37.3 Å². The van der Waals surface area contributed by atoms with Crippen LogP contribution in [0.15, 0.2) is 36.0 Å². The highest BCUT2D eigenvalue weighted by atomic mass is 16.6. The zero-order valence-electron chi connectivity index (χ0n) is 18.3. The van der Waals surface area contributed by atoms with Crippen LogP contribution in [0.1, 0.15) is 40.5 Å². The van der Waals surface area contributed by atoms with E-state index in [1.165, 1.54) is 13.1 Å².